The number of hydrogen-bond acceptors (Lipinski definition) is 3. The van der Waals surface area contributed by atoms with E-state index in [9.17, 15) is 14.4 Å². The lowest BCUT2D eigenvalue weighted by Gasteiger charge is -2.13. The second kappa shape index (κ2) is 7.89. The van der Waals surface area contributed by atoms with Crippen LogP contribution in [0.2, 0.25) is 10.0 Å². The van der Waals surface area contributed by atoms with Gasteiger partial charge in [-0.25, -0.2) is 0 Å². The van der Waals surface area contributed by atoms with E-state index in [1.54, 1.807) is 0 Å². The van der Waals surface area contributed by atoms with Gasteiger partial charge in [-0.3, -0.25) is 19.3 Å². The molecule has 7 heteroatoms. The summed E-state index contributed by atoms with van der Waals surface area (Å²) < 4.78 is 0. The number of rotatable bonds is 6. The highest BCUT2D eigenvalue weighted by Crippen LogP contribution is 2.31. The first-order chi connectivity index (χ1) is 12.5. The molecule has 1 aliphatic heterocycles. The summed E-state index contributed by atoms with van der Waals surface area (Å²) in [5, 5.41) is 3.12. The number of halogens is 2. The van der Waals surface area contributed by atoms with Crippen LogP contribution >= 0.6 is 23.2 Å². The summed E-state index contributed by atoms with van der Waals surface area (Å²) >= 11 is 11.8. The summed E-state index contributed by atoms with van der Waals surface area (Å²) in [5.74, 6) is -1.46. The van der Waals surface area contributed by atoms with E-state index in [1.165, 1.54) is 17.7 Å². The van der Waals surface area contributed by atoms with Gasteiger partial charge in [-0.2, -0.15) is 0 Å². The van der Waals surface area contributed by atoms with Crippen LogP contribution in [0, 0.1) is 0 Å². The van der Waals surface area contributed by atoms with Crippen molar-refractivity contribution in [2.45, 2.75) is 12.8 Å². The van der Waals surface area contributed by atoms with E-state index in [0.29, 0.717) is 6.54 Å². The zero-order chi connectivity index (χ0) is 18.7. The van der Waals surface area contributed by atoms with Crippen LogP contribution in [0.15, 0.2) is 42.5 Å². The maximum Gasteiger partial charge on any atom is 0.262 e. The molecule has 134 valence electrons. The topological polar surface area (TPSA) is 66.5 Å². The largest absolute Gasteiger partial charge is 0.355 e. The molecule has 0 unspecified atom stereocenters. The van der Waals surface area contributed by atoms with Crippen LogP contribution < -0.4 is 5.32 Å². The van der Waals surface area contributed by atoms with Crippen molar-refractivity contribution in [1.29, 1.82) is 0 Å². The Hall–Kier alpha value is -2.37. The van der Waals surface area contributed by atoms with Gasteiger partial charge in [0.25, 0.3) is 11.8 Å². The van der Waals surface area contributed by atoms with Crippen LogP contribution in [0.5, 0.6) is 0 Å². The van der Waals surface area contributed by atoms with Crippen LogP contribution in [0.4, 0.5) is 0 Å². The number of hydrogen-bond donors (Lipinski definition) is 1. The van der Waals surface area contributed by atoms with Crippen LogP contribution in [-0.4, -0.2) is 35.7 Å². The molecule has 0 radical (unpaired) electrons. The average Bonchev–Trinajstić information content (AvgIpc) is 2.85. The van der Waals surface area contributed by atoms with Crippen molar-refractivity contribution in [3.05, 3.63) is 69.2 Å². The Morgan fingerprint density at radius 2 is 1.54 bits per heavy atom. The molecule has 1 N–H and O–H groups in total. The number of benzene rings is 2. The van der Waals surface area contributed by atoms with Crippen molar-refractivity contribution in [3.8, 4) is 0 Å². The molecule has 5 nitrogen and oxygen atoms in total. The third-order valence-electron chi connectivity index (χ3n) is 4.12. The number of carbonyl (C=O) groups excluding carboxylic acids is 3. The molecule has 0 atom stereocenters. The normalized spacial score (nSPS) is 13.1. The van der Waals surface area contributed by atoms with E-state index in [2.05, 4.69) is 5.32 Å². The lowest BCUT2D eigenvalue weighted by Crippen LogP contribution is -2.40. The van der Waals surface area contributed by atoms with Crippen LogP contribution in [0.25, 0.3) is 0 Å². The smallest absolute Gasteiger partial charge is 0.262 e. The maximum absolute atomic E-state index is 12.3. The molecule has 3 rings (SSSR count). The van der Waals surface area contributed by atoms with E-state index >= 15 is 0 Å². The summed E-state index contributed by atoms with van der Waals surface area (Å²) in [6.45, 7) is 0.140. The van der Waals surface area contributed by atoms with Crippen LogP contribution in [0.3, 0.4) is 0 Å². The summed E-state index contributed by atoms with van der Waals surface area (Å²) in [7, 11) is 0. The monoisotopic (exact) mass is 390 g/mol. The Balaban J connectivity index is 1.53. The fraction of sp³-hybridized carbons (Fsp3) is 0.211. The predicted molar refractivity (Wildman–Crippen MR) is 99.6 cm³/mol. The number of imide groups is 1. The second-order valence-corrected chi connectivity index (χ2v) is 6.76. The molecule has 0 saturated heterocycles. The Morgan fingerprint density at radius 1 is 0.962 bits per heavy atom. The van der Waals surface area contributed by atoms with Crippen molar-refractivity contribution in [1.82, 2.24) is 10.2 Å². The Kier molecular flexibility index (Phi) is 5.59. The molecular formula is C19H16Cl2N2O3. The number of fused-ring (bicyclic) bond motifs is 1. The maximum atomic E-state index is 12.3. The molecule has 1 heterocycles. The van der Waals surface area contributed by atoms with Crippen molar-refractivity contribution in [2.75, 3.05) is 13.1 Å². The summed E-state index contributed by atoms with van der Waals surface area (Å²) in [6, 6.07) is 12.7. The first kappa shape index (κ1) is 18.4. The predicted octanol–water partition coefficient (Wildman–Crippen LogP) is 3.34. The van der Waals surface area contributed by atoms with E-state index in [0.717, 1.165) is 17.7 Å². The Morgan fingerprint density at radius 3 is 2.12 bits per heavy atom. The molecule has 0 aromatic heterocycles. The average molecular weight is 391 g/mol. The number of nitrogens with one attached hydrogen (secondary N) is 1. The van der Waals surface area contributed by atoms with Gasteiger partial charge in [-0.1, -0.05) is 53.5 Å². The van der Waals surface area contributed by atoms with Gasteiger partial charge in [-0.05, 0) is 30.5 Å². The molecule has 0 bridgehead atoms. The van der Waals surface area contributed by atoms with Crippen LogP contribution in [0.1, 0.15) is 32.7 Å². The molecule has 3 amide bonds. The Labute approximate surface area is 160 Å². The molecule has 0 saturated carbocycles. The van der Waals surface area contributed by atoms with Gasteiger partial charge < -0.3 is 5.32 Å². The van der Waals surface area contributed by atoms with Gasteiger partial charge in [-0.15, -0.1) is 0 Å². The first-order valence-electron chi connectivity index (χ1n) is 8.13. The van der Waals surface area contributed by atoms with E-state index < -0.39 is 11.8 Å². The third kappa shape index (κ3) is 3.89. The van der Waals surface area contributed by atoms with Crippen molar-refractivity contribution >= 4 is 40.9 Å². The SMILES string of the molecule is O=C(CN1C(=O)c2cc(Cl)c(Cl)cc2C1=O)NCCCc1ccccc1. The molecule has 0 fully saturated rings. The van der Waals surface area contributed by atoms with Crippen molar-refractivity contribution in [2.24, 2.45) is 0 Å². The lowest BCUT2D eigenvalue weighted by atomic mass is 10.1. The molecular weight excluding hydrogens is 375 g/mol. The molecule has 2 aromatic carbocycles. The highest BCUT2D eigenvalue weighted by molar-refractivity contribution is 6.43. The first-order valence-corrected chi connectivity index (χ1v) is 8.89. The molecule has 0 aliphatic carbocycles. The summed E-state index contributed by atoms with van der Waals surface area (Å²) in [5.41, 5.74) is 1.53. The van der Waals surface area contributed by atoms with Gasteiger partial charge in [0.2, 0.25) is 5.91 Å². The molecule has 2 aromatic rings. The van der Waals surface area contributed by atoms with E-state index in [4.69, 9.17) is 23.2 Å². The number of aryl methyl sites for hydroxylation is 1. The highest BCUT2D eigenvalue weighted by atomic mass is 35.5. The van der Waals surface area contributed by atoms with Gasteiger partial charge in [0.1, 0.15) is 6.54 Å². The molecule has 0 spiro atoms. The number of nitrogens with zero attached hydrogens (tertiary/aromatic N) is 1. The lowest BCUT2D eigenvalue weighted by molar-refractivity contribution is -0.121. The fourth-order valence-electron chi connectivity index (χ4n) is 2.79. The van der Waals surface area contributed by atoms with E-state index in [-0.39, 0.29) is 33.6 Å². The minimum Gasteiger partial charge on any atom is -0.355 e. The second-order valence-electron chi connectivity index (χ2n) is 5.95. The van der Waals surface area contributed by atoms with Gasteiger partial charge in [0.15, 0.2) is 0 Å². The van der Waals surface area contributed by atoms with Gasteiger partial charge in [0, 0.05) is 6.54 Å². The zero-order valence-corrected chi connectivity index (χ0v) is 15.3. The van der Waals surface area contributed by atoms with Gasteiger partial charge in [0.05, 0.1) is 21.2 Å². The van der Waals surface area contributed by atoms with Crippen molar-refractivity contribution in [3.63, 3.8) is 0 Å². The Bertz CT molecular complexity index is 828. The fourth-order valence-corrected chi connectivity index (χ4v) is 3.12. The molecule has 26 heavy (non-hydrogen) atoms. The minimum absolute atomic E-state index is 0.168. The van der Waals surface area contributed by atoms with E-state index in [1.807, 2.05) is 30.3 Å². The van der Waals surface area contributed by atoms with Crippen LogP contribution in [-0.2, 0) is 11.2 Å². The minimum atomic E-state index is -0.539. The number of carbonyl (C=O) groups is 3. The third-order valence-corrected chi connectivity index (χ3v) is 4.84. The van der Waals surface area contributed by atoms with Gasteiger partial charge >= 0.3 is 0 Å². The molecule has 1 aliphatic rings. The summed E-state index contributed by atoms with van der Waals surface area (Å²) in [4.78, 5) is 37.7. The highest BCUT2D eigenvalue weighted by Gasteiger charge is 2.37. The quantitative estimate of drug-likeness (QED) is 0.607. The summed E-state index contributed by atoms with van der Waals surface area (Å²) in [6.07, 6.45) is 1.61. The van der Waals surface area contributed by atoms with Crippen molar-refractivity contribution < 1.29 is 14.4 Å². The number of amides is 3. The zero-order valence-electron chi connectivity index (χ0n) is 13.8. The standard InChI is InChI=1S/C19H16Cl2N2O3/c20-15-9-13-14(10-16(15)21)19(26)23(18(13)25)11-17(24)22-8-4-7-12-5-2-1-3-6-12/h1-3,5-6,9-10H,4,7-8,11H2,(H,22,24).